The van der Waals surface area contributed by atoms with Gasteiger partial charge in [0.2, 0.25) is 5.91 Å². The summed E-state index contributed by atoms with van der Waals surface area (Å²) in [7, 11) is -3.97. The van der Waals surface area contributed by atoms with Crippen molar-refractivity contribution in [1.82, 2.24) is 0 Å². The lowest BCUT2D eigenvalue weighted by molar-refractivity contribution is -0.114. The Hall–Kier alpha value is -2.83. The minimum Gasteiger partial charge on any atom is -0.324 e. The van der Waals surface area contributed by atoms with Gasteiger partial charge in [0, 0.05) is 10.7 Å². The Morgan fingerprint density at radius 1 is 0.968 bits per heavy atom. The van der Waals surface area contributed by atoms with Crippen LogP contribution in [0, 0.1) is 13.8 Å². The number of nitrogens with one attached hydrogen (secondary N) is 1. The summed E-state index contributed by atoms with van der Waals surface area (Å²) in [4.78, 5) is 13.1. The monoisotopic (exact) mass is 456 g/mol. The molecule has 1 amide bonds. The minimum absolute atomic E-state index is 0.117. The number of para-hydroxylation sites is 1. The lowest BCUT2D eigenvalue weighted by Gasteiger charge is -2.25. The normalized spacial score (nSPS) is 11.2. The van der Waals surface area contributed by atoms with Crippen LogP contribution in [0.4, 0.5) is 11.4 Å². The number of anilines is 2. The summed E-state index contributed by atoms with van der Waals surface area (Å²) in [6.07, 6.45) is 0.750. The van der Waals surface area contributed by atoms with E-state index in [1.165, 1.54) is 0 Å². The maximum Gasteiger partial charge on any atom is 0.264 e. The number of rotatable bonds is 7. The Kier molecular flexibility index (Phi) is 7.03. The number of aryl methyl sites for hydroxylation is 3. The molecular weight excluding hydrogens is 432 g/mol. The molecule has 1 N–H and O–H groups in total. The molecule has 3 rings (SSSR count). The Labute approximate surface area is 188 Å². The lowest BCUT2D eigenvalue weighted by atomic mass is 10.1. The first-order chi connectivity index (χ1) is 14.7. The van der Waals surface area contributed by atoms with Crippen LogP contribution in [0.2, 0.25) is 5.02 Å². The fourth-order valence-electron chi connectivity index (χ4n) is 3.27. The first-order valence-corrected chi connectivity index (χ1v) is 11.8. The standard InChI is InChI=1S/C24H25ClN2O3S/c1-4-19-7-5-6-18(3)24(19)26-23(28)16-27(21-12-10-20(25)11-13-21)31(29,30)22-14-8-17(2)9-15-22/h5-15H,4,16H2,1-3H3,(H,26,28). The van der Waals surface area contributed by atoms with Crippen LogP contribution in [-0.2, 0) is 21.2 Å². The maximum atomic E-state index is 13.4. The number of amides is 1. The second-order valence-corrected chi connectivity index (χ2v) is 9.61. The summed E-state index contributed by atoms with van der Waals surface area (Å²) in [6.45, 7) is 5.44. The molecule has 0 aliphatic rings. The number of halogens is 1. The SMILES string of the molecule is CCc1cccc(C)c1NC(=O)CN(c1ccc(Cl)cc1)S(=O)(=O)c1ccc(C)cc1. The second-order valence-electron chi connectivity index (χ2n) is 7.31. The topological polar surface area (TPSA) is 66.5 Å². The Morgan fingerprint density at radius 2 is 1.61 bits per heavy atom. The molecule has 0 atom stereocenters. The first-order valence-electron chi connectivity index (χ1n) is 9.95. The van der Waals surface area contributed by atoms with E-state index >= 15 is 0 Å². The third-order valence-corrected chi connectivity index (χ3v) is 7.06. The summed E-state index contributed by atoms with van der Waals surface area (Å²) < 4.78 is 27.9. The molecule has 0 aromatic heterocycles. The lowest BCUT2D eigenvalue weighted by Crippen LogP contribution is -2.38. The molecule has 31 heavy (non-hydrogen) atoms. The van der Waals surface area contributed by atoms with Crippen LogP contribution in [0.1, 0.15) is 23.6 Å². The van der Waals surface area contributed by atoms with Gasteiger partial charge in [0.1, 0.15) is 6.54 Å². The van der Waals surface area contributed by atoms with Gasteiger partial charge in [-0.25, -0.2) is 8.42 Å². The smallest absolute Gasteiger partial charge is 0.264 e. The number of benzene rings is 3. The molecule has 0 spiro atoms. The van der Waals surface area contributed by atoms with Gasteiger partial charge in [-0.15, -0.1) is 0 Å². The van der Waals surface area contributed by atoms with Gasteiger partial charge in [-0.05, 0) is 67.8 Å². The largest absolute Gasteiger partial charge is 0.324 e. The predicted molar refractivity (Wildman–Crippen MR) is 126 cm³/mol. The fourth-order valence-corrected chi connectivity index (χ4v) is 4.82. The minimum atomic E-state index is -3.97. The highest BCUT2D eigenvalue weighted by atomic mass is 35.5. The van der Waals surface area contributed by atoms with Crippen molar-refractivity contribution in [3.05, 3.63) is 88.4 Å². The molecule has 7 heteroatoms. The van der Waals surface area contributed by atoms with Crippen LogP contribution in [-0.4, -0.2) is 20.9 Å². The van der Waals surface area contributed by atoms with Gasteiger partial charge in [0.05, 0.1) is 10.6 Å². The second kappa shape index (κ2) is 9.54. The van der Waals surface area contributed by atoms with Crippen LogP contribution < -0.4 is 9.62 Å². The molecule has 162 valence electrons. The molecular formula is C24H25ClN2O3S. The highest BCUT2D eigenvalue weighted by molar-refractivity contribution is 7.92. The van der Waals surface area contributed by atoms with Gasteiger partial charge >= 0.3 is 0 Å². The maximum absolute atomic E-state index is 13.4. The van der Waals surface area contributed by atoms with Gasteiger partial charge in [0.25, 0.3) is 10.0 Å². The van der Waals surface area contributed by atoms with E-state index in [0.717, 1.165) is 33.1 Å². The number of hydrogen-bond acceptors (Lipinski definition) is 3. The molecule has 3 aromatic carbocycles. The van der Waals surface area contributed by atoms with Crippen LogP contribution in [0.5, 0.6) is 0 Å². The summed E-state index contributed by atoms with van der Waals surface area (Å²) >= 11 is 5.98. The van der Waals surface area contributed by atoms with Gasteiger partial charge in [-0.3, -0.25) is 9.10 Å². The van der Waals surface area contributed by atoms with Crippen LogP contribution >= 0.6 is 11.6 Å². The zero-order valence-electron chi connectivity index (χ0n) is 17.7. The Balaban J connectivity index is 1.97. The number of hydrogen-bond donors (Lipinski definition) is 1. The van der Waals surface area contributed by atoms with Gasteiger partial charge in [-0.2, -0.15) is 0 Å². The Morgan fingerprint density at radius 3 is 2.23 bits per heavy atom. The molecule has 0 aliphatic heterocycles. The van der Waals surface area contributed by atoms with E-state index in [9.17, 15) is 13.2 Å². The molecule has 0 fully saturated rings. The fraction of sp³-hybridized carbons (Fsp3) is 0.208. The summed E-state index contributed by atoms with van der Waals surface area (Å²) in [6, 6.07) is 18.7. The van der Waals surface area contributed by atoms with E-state index in [2.05, 4.69) is 5.32 Å². The molecule has 0 unspecified atom stereocenters. The molecule has 0 aliphatic carbocycles. The highest BCUT2D eigenvalue weighted by Crippen LogP contribution is 2.26. The van der Waals surface area contributed by atoms with Crippen molar-refractivity contribution in [2.24, 2.45) is 0 Å². The van der Waals surface area contributed by atoms with Crippen LogP contribution in [0.15, 0.2) is 71.6 Å². The van der Waals surface area contributed by atoms with Crippen LogP contribution in [0.25, 0.3) is 0 Å². The van der Waals surface area contributed by atoms with E-state index in [0.29, 0.717) is 10.7 Å². The van der Waals surface area contributed by atoms with Crippen molar-refractivity contribution < 1.29 is 13.2 Å². The molecule has 0 bridgehead atoms. The third kappa shape index (κ3) is 5.27. The Bertz CT molecular complexity index is 1170. The zero-order chi connectivity index (χ0) is 22.6. The number of sulfonamides is 1. The van der Waals surface area contributed by atoms with Crippen molar-refractivity contribution >= 4 is 38.9 Å². The third-order valence-electron chi connectivity index (χ3n) is 5.02. The van der Waals surface area contributed by atoms with Crippen molar-refractivity contribution in [1.29, 1.82) is 0 Å². The summed E-state index contributed by atoms with van der Waals surface area (Å²) in [5, 5.41) is 3.38. The van der Waals surface area contributed by atoms with Crippen molar-refractivity contribution in [2.45, 2.75) is 32.1 Å². The first kappa shape index (κ1) is 22.8. The molecule has 5 nitrogen and oxygen atoms in total. The van der Waals surface area contributed by atoms with Crippen molar-refractivity contribution in [3.63, 3.8) is 0 Å². The van der Waals surface area contributed by atoms with E-state index in [1.54, 1.807) is 48.5 Å². The number of carbonyl (C=O) groups is 1. The zero-order valence-corrected chi connectivity index (χ0v) is 19.3. The molecule has 0 saturated carbocycles. The average Bonchev–Trinajstić information content (AvgIpc) is 2.74. The molecule has 3 aromatic rings. The number of nitrogens with zero attached hydrogens (tertiary/aromatic N) is 1. The van der Waals surface area contributed by atoms with Crippen molar-refractivity contribution in [3.8, 4) is 0 Å². The van der Waals surface area contributed by atoms with E-state index < -0.39 is 15.9 Å². The number of carbonyl (C=O) groups excluding carboxylic acids is 1. The van der Waals surface area contributed by atoms with Gasteiger partial charge in [-0.1, -0.05) is 54.4 Å². The summed E-state index contributed by atoms with van der Waals surface area (Å²) in [5.41, 5.74) is 3.95. The van der Waals surface area contributed by atoms with Crippen LogP contribution in [0.3, 0.4) is 0 Å². The predicted octanol–water partition coefficient (Wildman–Crippen LogP) is 5.35. The molecule has 0 heterocycles. The van der Waals surface area contributed by atoms with E-state index in [4.69, 9.17) is 11.6 Å². The highest BCUT2D eigenvalue weighted by Gasteiger charge is 2.27. The van der Waals surface area contributed by atoms with E-state index in [-0.39, 0.29) is 11.4 Å². The molecule has 0 radical (unpaired) electrons. The van der Waals surface area contributed by atoms with E-state index in [1.807, 2.05) is 39.0 Å². The quantitative estimate of drug-likeness (QED) is 0.520. The molecule has 0 saturated heterocycles. The average molecular weight is 457 g/mol. The van der Waals surface area contributed by atoms with Gasteiger partial charge in [0.15, 0.2) is 0 Å². The van der Waals surface area contributed by atoms with Gasteiger partial charge < -0.3 is 5.32 Å². The summed E-state index contributed by atoms with van der Waals surface area (Å²) in [5.74, 6) is -0.422. The van der Waals surface area contributed by atoms with Crippen molar-refractivity contribution in [2.75, 3.05) is 16.2 Å².